The first kappa shape index (κ1) is 11.2. The number of carboxylic acid groups (broad SMARTS) is 1. The van der Waals surface area contributed by atoms with Gasteiger partial charge in [-0.15, -0.1) is 11.3 Å². The van der Waals surface area contributed by atoms with Crippen LogP contribution in [-0.4, -0.2) is 11.1 Å². The third-order valence-electron chi connectivity index (χ3n) is 2.20. The highest BCUT2D eigenvalue weighted by Gasteiger charge is 2.18. The molecule has 14 heavy (non-hydrogen) atoms. The van der Waals surface area contributed by atoms with Gasteiger partial charge in [0.05, 0.1) is 0 Å². The van der Waals surface area contributed by atoms with Crippen LogP contribution in [0.4, 0.5) is 0 Å². The van der Waals surface area contributed by atoms with E-state index < -0.39 is 5.97 Å². The summed E-state index contributed by atoms with van der Waals surface area (Å²) >= 11 is 1.35. The van der Waals surface area contributed by atoms with Crippen molar-refractivity contribution in [1.82, 2.24) is 0 Å². The van der Waals surface area contributed by atoms with Gasteiger partial charge >= 0.3 is 5.97 Å². The van der Waals surface area contributed by atoms with E-state index in [-0.39, 0.29) is 0 Å². The molecule has 0 radical (unpaired) electrons. The predicted octanol–water partition coefficient (Wildman–Crippen LogP) is 3.52. The molecular formula is C11H16O2S. The number of rotatable bonds is 4. The van der Waals surface area contributed by atoms with Gasteiger partial charge in [-0.3, -0.25) is 0 Å². The van der Waals surface area contributed by atoms with Crippen LogP contribution in [-0.2, 0) is 6.42 Å². The van der Waals surface area contributed by atoms with E-state index in [0.717, 1.165) is 18.4 Å². The lowest BCUT2D eigenvalue weighted by atomic mass is 9.97. The minimum Gasteiger partial charge on any atom is -0.477 e. The molecule has 0 atom stereocenters. The van der Waals surface area contributed by atoms with E-state index in [9.17, 15) is 4.79 Å². The molecule has 1 aromatic heterocycles. The van der Waals surface area contributed by atoms with Gasteiger partial charge in [-0.2, -0.15) is 0 Å². The fourth-order valence-corrected chi connectivity index (χ4v) is 2.76. The van der Waals surface area contributed by atoms with Crippen LogP contribution in [0.1, 0.15) is 53.9 Å². The smallest absolute Gasteiger partial charge is 0.346 e. The zero-order valence-corrected chi connectivity index (χ0v) is 9.65. The Morgan fingerprint density at radius 1 is 1.57 bits per heavy atom. The molecule has 0 aromatic carbocycles. The average molecular weight is 212 g/mol. The fraction of sp³-hybridized carbons (Fsp3) is 0.545. The van der Waals surface area contributed by atoms with Gasteiger partial charge in [0.15, 0.2) is 0 Å². The third kappa shape index (κ3) is 2.15. The van der Waals surface area contributed by atoms with E-state index in [1.54, 1.807) is 0 Å². The standard InChI is InChI=1S/C11H16O2S/c1-4-5-8-6-14-10(11(12)13)9(8)7(2)3/h6-7H,4-5H2,1-3H3,(H,12,13). The van der Waals surface area contributed by atoms with Crippen LogP contribution < -0.4 is 0 Å². The summed E-state index contributed by atoms with van der Waals surface area (Å²) in [5.41, 5.74) is 2.24. The Morgan fingerprint density at radius 3 is 2.64 bits per heavy atom. The SMILES string of the molecule is CCCc1csc(C(=O)O)c1C(C)C. The summed E-state index contributed by atoms with van der Waals surface area (Å²) in [6.07, 6.45) is 2.05. The van der Waals surface area contributed by atoms with Crippen molar-refractivity contribution in [1.29, 1.82) is 0 Å². The highest BCUT2D eigenvalue weighted by atomic mass is 32.1. The van der Waals surface area contributed by atoms with Crippen molar-refractivity contribution in [3.63, 3.8) is 0 Å². The zero-order chi connectivity index (χ0) is 10.7. The number of carbonyl (C=O) groups is 1. The number of thiophene rings is 1. The summed E-state index contributed by atoms with van der Waals surface area (Å²) < 4.78 is 0. The molecule has 2 nitrogen and oxygen atoms in total. The zero-order valence-electron chi connectivity index (χ0n) is 8.83. The van der Waals surface area contributed by atoms with Gasteiger partial charge in [-0.05, 0) is 28.8 Å². The number of carboxylic acids is 1. The highest BCUT2D eigenvalue weighted by molar-refractivity contribution is 7.12. The van der Waals surface area contributed by atoms with Crippen molar-refractivity contribution >= 4 is 17.3 Å². The summed E-state index contributed by atoms with van der Waals surface area (Å²) in [4.78, 5) is 11.5. The summed E-state index contributed by atoms with van der Waals surface area (Å²) in [6.45, 7) is 6.21. The molecule has 3 heteroatoms. The Labute approximate surface area is 88.6 Å². The van der Waals surface area contributed by atoms with Gasteiger partial charge in [0.2, 0.25) is 0 Å². The molecule has 0 aliphatic carbocycles. The second kappa shape index (κ2) is 4.60. The lowest BCUT2D eigenvalue weighted by Gasteiger charge is -2.08. The number of hydrogen-bond acceptors (Lipinski definition) is 2. The van der Waals surface area contributed by atoms with Crippen molar-refractivity contribution in [2.75, 3.05) is 0 Å². The summed E-state index contributed by atoms with van der Waals surface area (Å²) in [6, 6.07) is 0. The van der Waals surface area contributed by atoms with Gasteiger partial charge in [-0.1, -0.05) is 27.2 Å². The Balaban J connectivity index is 3.13. The first-order valence-electron chi connectivity index (χ1n) is 4.91. The average Bonchev–Trinajstić information content (AvgIpc) is 2.48. The Morgan fingerprint density at radius 2 is 2.21 bits per heavy atom. The van der Waals surface area contributed by atoms with Crippen LogP contribution in [0, 0.1) is 0 Å². The van der Waals surface area contributed by atoms with Crippen molar-refractivity contribution in [3.8, 4) is 0 Å². The van der Waals surface area contributed by atoms with E-state index in [0.29, 0.717) is 10.8 Å². The molecule has 0 unspecified atom stereocenters. The van der Waals surface area contributed by atoms with Gasteiger partial charge in [0.25, 0.3) is 0 Å². The predicted molar refractivity (Wildman–Crippen MR) is 59.4 cm³/mol. The first-order valence-corrected chi connectivity index (χ1v) is 5.79. The molecule has 0 amide bonds. The molecule has 0 fully saturated rings. The van der Waals surface area contributed by atoms with E-state index in [1.165, 1.54) is 16.9 Å². The molecule has 0 aliphatic heterocycles. The van der Waals surface area contributed by atoms with E-state index in [4.69, 9.17) is 5.11 Å². The van der Waals surface area contributed by atoms with Gasteiger partial charge in [0.1, 0.15) is 4.88 Å². The fourth-order valence-electron chi connectivity index (χ4n) is 1.66. The van der Waals surface area contributed by atoms with Crippen molar-refractivity contribution in [2.45, 2.75) is 39.5 Å². The minimum absolute atomic E-state index is 0.300. The highest BCUT2D eigenvalue weighted by Crippen LogP contribution is 2.30. The topological polar surface area (TPSA) is 37.3 Å². The minimum atomic E-state index is -0.791. The first-order chi connectivity index (χ1) is 6.57. The summed E-state index contributed by atoms with van der Waals surface area (Å²) in [5.74, 6) is -0.491. The number of hydrogen-bond donors (Lipinski definition) is 1. The monoisotopic (exact) mass is 212 g/mol. The molecule has 0 saturated heterocycles. The van der Waals surface area contributed by atoms with E-state index >= 15 is 0 Å². The van der Waals surface area contributed by atoms with Crippen molar-refractivity contribution in [2.24, 2.45) is 0 Å². The Kier molecular flexibility index (Phi) is 3.69. The van der Waals surface area contributed by atoms with Gasteiger partial charge in [-0.25, -0.2) is 4.79 Å². The van der Waals surface area contributed by atoms with E-state index in [1.807, 2.05) is 19.2 Å². The molecule has 1 N–H and O–H groups in total. The van der Waals surface area contributed by atoms with E-state index in [2.05, 4.69) is 6.92 Å². The third-order valence-corrected chi connectivity index (χ3v) is 3.23. The van der Waals surface area contributed by atoms with Crippen LogP contribution in [0.25, 0.3) is 0 Å². The number of aryl methyl sites for hydroxylation is 1. The molecule has 0 spiro atoms. The molecular weight excluding hydrogens is 196 g/mol. The molecule has 0 bridgehead atoms. The maximum Gasteiger partial charge on any atom is 0.346 e. The van der Waals surface area contributed by atoms with Crippen LogP contribution in [0.2, 0.25) is 0 Å². The Bertz CT molecular complexity index is 326. The molecule has 1 rings (SSSR count). The largest absolute Gasteiger partial charge is 0.477 e. The van der Waals surface area contributed by atoms with Gasteiger partial charge in [0, 0.05) is 0 Å². The Hall–Kier alpha value is -0.830. The lowest BCUT2D eigenvalue weighted by molar-refractivity contribution is 0.0700. The summed E-state index contributed by atoms with van der Waals surface area (Å²) in [7, 11) is 0. The van der Waals surface area contributed by atoms with Crippen molar-refractivity contribution < 1.29 is 9.90 Å². The van der Waals surface area contributed by atoms with Crippen LogP contribution in [0.5, 0.6) is 0 Å². The molecule has 0 saturated carbocycles. The lowest BCUT2D eigenvalue weighted by Crippen LogP contribution is -2.01. The second-order valence-electron chi connectivity index (χ2n) is 3.71. The maximum atomic E-state index is 11.0. The normalized spacial score (nSPS) is 10.9. The van der Waals surface area contributed by atoms with Crippen LogP contribution in [0.3, 0.4) is 0 Å². The summed E-state index contributed by atoms with van der Waals surface area (Å²) in [5, 5.41) is 11.0. The molecule has 1 aromatic rings. The molecule has 78 valence electrons. The second-order valence-corrected chi connectivity index (χ2v) is 4.59. The van der Waals surface area contributed by atoms with Crippen molar-refractivity contribution in [3.05, 3.63) is 21.4 Å². The maximum absolute atomic E-state index is 11.0. The number of aromatic carboxylic acids is 1. The molecule has 1 heterocycles. The van der Waals surface area contributed by atoms with Crippen LogP contribution in [0.15, 0.2) is 5.38 Å². The van der Waals surface area contributed by atoms with Gasteiger partial charge < -0.3 is 5.11 Å². The molecule has 0 aliphatic rings. The quantitative estimate of drug-likeness (QED) is 0.829. The van der Waals surface area contributed by atoms with Crippen LogP contribution >= 0.6 is 11.3 Å².